The molecule has 2 aromatic carbocycles. The number of nitrogens with zero attached hydrogens (tertiary/aromatic N) is 2. The molecule has 0 saturated carbocycles. The molecule has 2 aromatic rings. The number of rotatable bonds is 6. The fraction of sp³-hybridized carbons (Fsp3) is 0.350. The molecule has 5 nitrogen and oxygen atoms in total. The summed E-state index contributed by atoms with van der Waals surface area (Å²) in [5, 5.41) is 9.11. The Kier molecular flexibility index (Phi) is 5.60. The average Bonchev–Trinajstić information content (AvgIpc) is 3.02. The van der Waals surface area contributed by atoms with Crippen LogP contribution in [0.15, 0.2) is 48.5 Å². The van der Waals surface area contributed by atoms with Crippen LogP contribution >= 0.6 is 0 Å². The number of benzene rings is 2. The summed E-state index contributed by atoms with van der Waals surface area (Å²) in [6.45, 7) is 1.27. The van der Waals surface area contributed by atoms with Gasteiger partial charge in [0.1, 0.15) is 5.75 Å². The summed E-state index contributed by atoms with van der Waals surface area (Å²) in [7, 11) is -1.33. The van der Waals surface area contributed by atoms with Gasteiger partial charge in [0.15, 0.2) is 9.84 Å². The lowest BCUT2D eigenvalue weighted by Crippen LogP contribution is -2.35. The van der Waals surface area contributed by atoms with Gasteiger partial charge in [-0.05, 0) is 41.8 Å². The molecule has 3 rings (SSSR count). The molecule has 0 spiro atoms. The molecule has 1 saturated heterocycles. The van der Waals surface area contributed by atoms with Gasteiger partial charge in [0.2, 0.25) is 0 Å². The van der Waals surface area contributed by atoms with Gasteiger partial charge in [0.25, 0.3) is 0 Å². The Morgan fingerprint density at radius 2 is 1.88 bits per heavy atom. The molecular formula is C20H22N2O3S. The second-order valence-corrected chi connectivity index (χ2v) is 8.85. The first-order valence-electron chi connectivity index (χ1n) is 8.55. The van der Waals surface area contributed by atoms with Gasteiger partial charge in [-0.3, -0.25) is 4.90 Å². The minimum Gasteiger partial charge on any atom is -0.497 e. The van der Waals surface area contributed by atoms with Crippen molar-refractivity contribution in [3.63, 3.8) is 0 Å². The van der Waals surface area contributed by atoms with Crippen LogP contribution in [0.1, 0.15) is 23.1 Å². The summed E-state index contributed by atoms with van der Waals surface area (Å²) in [4.78, 5) is 2.20. The monoisotopic (exact) mass is 370 g/mol. The van der Waals surface area contributed by atoms with E-state index in [-0.39, 0.29) is 17.5 Å². The third kappa shape index (κ3) is 4.63. The molecule has 6 heteroatoms. The number of sulfone groups is 1. The second-order valence-electron chi connectivity index (χ2n) is 6.62. The van der Waals surface area contributed by atoms with Crippen LogP contribution in [0.5, 0.6) is 5.75 Å². The van der Waals surface area contributed by atoms with Crippen LogP contribution in [0.2, 0.25) is 0 Å². The SMILES string of the molecule is COc1ccc(CN(Cc2cccc(C#N)c2)C2CCS(=O)(=O)C2)cc1. The summed E-state index contributed by atoms with van der Waals surface area (Å²) in [6, 6.07) is 17.5. The molecule has 1 aliphatic rings. The largest absolute Gasteiger partial charge is 0.497 e. The van der Waals surface area contributed by atoms with Gasteiger partial charge in [0.05, 0.1) is 30.2 Å². The van der Waals surface area contributed by atoms with Crippen LogP contribution in [-0.4, -0.2) is 38.0 Å². The van der Waals surface area contributed by atoms with Gasteiger partial charge < -0.3 is 4.74 Å². The highest BCUT2D eigenvalue weighted by Gasteiger charge is 2.32. The third-order valence-electron chi connectivity index (χ3n) is 4.71. The maximum Gasteiger partial charge on any atom is 0.151 e. The van der Waals surface area contributed by atoms with E-state index in [0.717, 1.165) is 16.9 Å². The zero-order valence-corrected chi connectivity index (χ0v) is 15.6. The highest BCUT2D eigenvalue weighted by Crippen LogP contribution is 2.23. The summed E-state index contributed by atoms with van der Waals surface area (Å²) in [5.41, 5.74) is 2.74. The van der Waals surface area contributed by atoms with E-state index >= 15 is 0 Å². The first-order valence-corrected chi connectivity index (χ1v) is 10.4. The molecule has 1 atom stereocenters. The van der Waals surface area contributed by atoms with Gasteiger partial charge in [0, 0.05) is 19.1 Å². The average molecular weight is 370 g/mol. The van der Waals surface area contributed by atoms with Crippen LogP contribution in [0.4, 0.5) is 0 Å². The van der Waals surface area contributed by atoms with Crippen molar-refractivity contribution in [1.29, 1.82) is 5.26 Å². The van der Waals surface area contributed by atoms with E-state index in [1.807, 2.05) is 42.5 Å². The van der Waals surface area contributed by atoms with E-state index in [9.17, 15) is 8.42 Å². The zero-order valence-electron chi connectivity index (χ0n) is 14.8. The Morgan fingerprint density at radius 3 is 2.50 bits per heavy atom. The smallest absolute Gasteiger partial charge is 0.151 e. The number of hydrogen-bond acceptors (Lipinski definition) is 5. The first kappa shape index (κ1) is 18.4. The summed E-state index contributed by atoms with van der Waals surface area (Å²) in [6.07, 6.45) is 0.649. The standard InChI is InChI=1S/C20H22N2O3S/c1-25-20-7-5-16(6-8-20)13-22(19-9-10-26(23,24)15-19)14-18-4-2-3-17(11-18)12-21/h2-8,11,19H,9-10,13-15H2,1H3. The van der Waals surface area contributed by atoms with E-state index in [2.05, 4.69) is 11.0 Å². The molecule has 1 heterocycles. The van der Waals surface area contributed by atoms with Gasteiger partial charge in [-0.15, -0.1) is 0 Å². The number of ether oxygens (including phenoxy) is 1. The summed E-state index contributed by atoms with van der Waals surface area (Å²) < 4.78 is 29.1. The molecule has 0 amide bonds. The molecule has 0 bridgehead atoms. The normalized spacial score (nSPS) is 18.6. The number of methoxy groups -OCH3 is 1. The van der Waals surface area contributed by atoms with Crippen LogP contribution in [0, 0.1) is 11.3 Å². The van der Waals surface area contributed by atoms with E-state index < -0.39 is 9.84 Å². The van der Waals surface area contributed by atoms with E-state index in [0.29, 0.717) is 25.1 Å². The lowest BCUT2D eigenvalue weighted by molar-refractivity contribution is 0.194. The molecule has 1 aliphatic heterocycles. The molecule has 26 heavy (non-hydrogen) atoms. The molecule has 0 aromatic heterocycles. The van der Waals surface area contributed by atoms with E-state index in [4.69, 9.17) is 10.00 Å². The highest BCUT2D eigenvalue weighted by atomic mass is 32.2. The van der Waals surface area contributed by atoms with Gasteiger partial charge in [-0.25, -0.2) is 8.42 Å². The maximum atomic E-state index is 11.9. The van der Waals surface area contributed by atoms with Crippen molar-refractivity contribution >= 4 is 9.84 Å². The third-order valence-corrected chi connectivity index (χ3v) is 6.46. The Labute approximate surface area is 154 Å². The molecule has 0 aliphatic carbocycles. The zero-order chi connectivity index (χ0) is 18.6. The topological polar surface area (TPSA) is 70.4 Å². The predicted molar refractivity (Wildman–Crippen MR) is 100 cm³/mol. The first-order chi connectivity index (χ1) is 12.5. The van der Waals surface area contributed by atoms with Crippen molar-refractivity contribution < 1.29 is 13.2 Å². The van der Waals surface area contributed by atoms with E-state index in [1.165, 1.54) is 0 Å². The number of nitriles is 1. The predicted octanol–water partition coefficient (Wildman–Crippen LogP) is 2.76. The van der Waals surface area contributed by atoms with Crippen molar-refractivity contribution in [3.05, 3.63) is 65.2 Å². The lowest BCUT2D eigenvalue weighted by atomic mass is 10.1. The number of hydrogen-bond donors (Lipinski definition) is 0. The minimum atomic E-state index is -2.96. The fourth-order valence-electron chi connectivity index (χ4n) is 3.32. The quantitative estimate of drug-likeness (QED) is 0.782. The van der Waals surface area contributed by atoms with Crippen molar-refractivity contribution in [2.24, 2.45) is 0 Å². The summed E-state index contributed by atoms with van der Waals surface area (Å²) >= 11 is 0. The molecule has 0 radical (unpaired) electrons. The minimum absolute atomic E-state index is 0.00663. The molecule has 1 fully saturated rings. The van der Waals surface area contributed by atoms with Gasteiger partial charge in [-0.1, -0.05) is 24.3 Å². The highest BCUT2D eigenvalue weighted by molar-refractivity contribution is 7.91. The molecular weight excluding hydrogens is 348 g/mol. The van der Waals surface area contributed by atoms with Crippen molar-refractivity contribution in [2.75, 3.05) is 18.6 Å². The van der Waals surface area contributed by atoms with Crippen molar-refractivity contribution in [3.8, 4) is 11.8 Å². The van der Waals surface area contributed by atoms with Crippen molar-refractivity contribution in [1.82, 2.24) is 4.90 Å². The Hall–Kier alpha value is -2.36. The molecule has 136 valence electrons. The van der Waals surface area contributed by atoms with E-state index in [1.54, 1.807) is 13.2 Å². The molecule has 1 unspecified atom stereocenters. The second kappa shape index (κ2) is 7.90. The lowest BCUT2D eigenvalue weighted by Gasteiger charge is -2.28. The van der Waals surface area contributed by atoms with Crippen molar-refractivity contribution in [2.45, 2.75) is 25.6 Å². The Bertz CT molecular complexity index is 901. The molecule has 0 N–H and O–H groups in total. The maximum absolute atomic E-state index is 11.9. The van der Waals surface area contributed by atoms with Gasteiger partial charge >= 0.3 is 0 Å². The van der Waals surface area contributed by atoms with Crippen LogP contribution in [-0.2, 0) is 22.9 Å². The van der Waals surface area contributed by atoms with Crippen LogP contribution in [0.3, 0.4) is 0 Å². The fourth-order valence-corrected chi connectivity index (χ4v) is 5.08. The van der Waals surface area contributed by atoms with Gasteiger partial charge in [-0.2, -0.15) is 5.26 Å². The van der Waals surface area contributed by atoms with Crippen LogP contribution < -0.4 is 4.74 Å². The Balaban J connectivity index is 1.82. The van der Waals surface area contributed by atoms with Crippen LogP contribution in [0.25, 0.3) is 0 Å². The Morgan fingerprint density at radius 1 is 1.15 bits per heavy atom. The summed E-state index contributed by atoms with van der Waals surface area (Å²) in [5.74, 6) is 1.24.